The van der Waals surface area contributed by atoms with E-state index in [4.69, 9.17) is 0 Å². The Hall–Kier alpha value is -2.97. The predicted molar refractivity (Wildman–Crippen MR) is 130 cm³/mol. The van der Waals surface area contributed by atoms with E-state index in [0.29, 0.717) is 29.0 Å². The van der Waals surface area contributed by atoms with Gasteiger partial charge in [0.15, 0.2) is 0 Å². The molecule has 1 fully saturated rings. The lowest BCUT2D eigenvalue weighted by Gasteiger charge is -2.25. The molecule has 0 bridgehead atoms. The van der Waals surface area contributed by atoms with Crippen molar-refractivity contribution in [1.29, 1.82) is 0 Å². The van der Waals surface area contributed by atoms with Crippen molar-refractivity contribution in [2.75, 3.05) is 6.54 Å². The largest absolute Gasteiger partial charge is 0.336 e. The zero-order valence-electron chi connectivity index (χ0n) is 18.1. The molecule has 1 saturated heterocycles. The average molecular weight is 480 g/mol. The van der Waals surface area contributed by atoms with Crippen LogP contribution < -0.4 is 0 Å². The van der Waals surface area contributed by atoms with E-state index in [9.17, 15) is 13.2 Å². The highest BCUT2D eigenvalue weighted by Gasteiger charge is 2.29. The van der Waals surface area contributed by atoms with Gasteiger partial charge in [0.1, 0.15) is 4.21 Å². The van der Waals surface area contributed by atoms with Crippen molar-refractivity contribution in [3.05, 3.63) is 83.6 Å². The van der Waals surface area contributed by atoms with E-state index >= 15 is 0 Å². The Kier molecular flexibility index (Phi) is 6.03. The van der Waals surface area contributed by atoms with Crippen molar-refractivity contribution < 1.29 is 13.2 Å². The summed E-state index contributed by atoms with van der Waals surface area (Å²) in [4.78, 5) is 19.1. The molecule has 4 aromatic rings. The normalized spacial score (nSPS) is 16.5. The van der Waals surface area contributed by atoms with Crippen LogP contribution >= 0.6 is 11.3 Å². The number of fused-ring (bicyclic) bond motifs is 1. The first-order valence-corrected chi connectivity index (χ1v) is 13.4. The standard InChI is InChI=1S/C25H25N3O3S2/c29-24(27-16-4-9-22(27)19-12-14-26-15-13-19)10-3-6-20-18-28(23-8-2-1-7-21(20)23)33(30,31)25-11-5-17-32-25/h1-2,5,7-8,11-15,17-18,22H,3-4,6,9-10,16H2. The maximum absolute atomic E-state index is 13.2. The van der Waals surface area contributed by atoms with Crippen LogP contribution in [0.1, 0.15) is 42.9 Å². The topological polar surface area (TPSA) is 72.3 Å². The van der Waals surface area contributed by atoms with Gasteiger partial charge in [-0.2, -0.15) is 8.42 Å². The number of aryl methyl sites for hydroxylation is 1. The van der Waals surface area contributed by atoms with E-state index in [1.54, 1.807) is 36.1 Å². The minimum absolute atomic E-state index is 0.123. The highest BCUT2D eigenvalue weighted by atomic mass is 32.2. The Morgan fingerprint density at radius 1 is 1.09 bits per heavy atom. The first-order valence-electron chi connectivity index (χ1n) is 11.1. The molecule has 1 amide bonds. The van der Waals surface area contributed by atoms with Gasteiger partial charge in [-0.1, -0.05) is 24.3 Å². The van der Waals surface area contributed by atoms with E-state index in [0.717, 1.165) is 35.9 Å². The lowest BCUT2D eigenvalue weighted by atomic mass is 10.0. The summed E-state index contributed by atoms with van der Waals surface area (Å²) < 4.78 is 28.0. The lowest BCUT2D eigenvalue weighted by molar-refractivity contribution is -0.132. The second kappa shape index (κ2) is 9.11. The number of hydrogen-bond donors (Lipinski definition) is 0. The number of benzene rings is 1. The molecule has 8 heteroatoms. The number of amides is 1. The molecule has 170 valence electrons. The van der Waals surface area contributed by atoms with Gasteiger partial charge in [0.05, 0.1) is 11.6 Å². The molecule has 4 heterocycles. The van der Waals surface area contributed by atoms with Crippen molar-refractivity contribution in [3.8, 4) is 0 Å². The summed E-state index contributed by atoms with van der Waals surface area (Å²) in [7, 11) is -3.64. The monoisotopic (exact) mass is 479 g/mol. The molecule has 3 aromatic heterocycles. The minimum atomic E-state index is -3.64. The molecule has 1 unspecified atom stereocenters. The van der Waals surface area contributed by atoms with Gasteiger partial charge in [-0.05, 0) is 66.5 Å². The Labute approximate surface area is 197 Å². The summed E-state index contributed by atoms with van der Waals surface area (Å²) in [6.07, 6.45) is 9.01. The summed E-state index contributed by atoms with van der Waals surface area (Å²) >= 11 is 1.21. The van der Waals surface area contributed by atoms with Crippen molar-refractivity contribution in [2.45, 2.75) is 42.4 Å². The van der Waals surface area contributed by atoms with Gasteiger partial charge >= 0.3 is 0 Å². The number of carbonyl (C=O) groups excluding carboxylic acids is 1. The molecular formula is C25H25N3O3S2. The van der Waals surface area contributed by atoms with Gasteiger partial charge in [-0.25, -0.2) is 3.97 Å². The average Bonchev–Trinajstić information content (AvgIpc) is 3.60. The number of para-hydroxylation sites is 1. The van der Waals surface area contributed by atoms with Crippen molar-refractivity contribution in [1.82, 2.24) is 13.9 Å². The van der Waals surface area contributed by atoms with Crippen LogP contribution in [0.15, 0.2) is 76.7 Å². The third-order valence-electron chi connectivity index (χ3n) is 6.27. The summed E-state index contributed by atoms with van der Waals surface area (Å²) in [6, 6.07) is 15.0. The number of rotatable bonds is 7. The quantitative estimate of drug-likeness (QED) is 0.373. The van der Waals surface area contributed by atoms with Crippen molar-refractivity contribution in [3.63, 3.8) is 0 Å². The van der Waals surface area contributed by atoms with E-state index < -0.39 is 10.0 Å². The molecule has 33 heavy (non-hydrogen) atoms. The summed E-state index contributed by atoms with van der Waals surface area (Å²) in [5.41, 5.74) is 2.76. The van der Waals surface area contributed by atoms with Gasteiger partial charge in [-0.15, -0.1) is 11.3 Å². The summed E-state index contributed by atoms with van der Waals surface area (Å²) in [6.45, 7) is 0.782. The molecule has 1 atom stereocenters. The fourth-order valence-electron chi connectivity index (χ4n) is 4.69. The number of carbonyl (C=O) groups is 1. The molecule has 0 spiro atoms. The molecule has 0 aliphatic carbocycles. The van der Waals surface area contributed by atoms with Crippen LogP contribution in [0, 0.1) is 0 Å². The molecule has 0 radical (unpaired) electrons. The fraction of sp³-hybridized carbons (Fsp3) is 0.280. The van der Waals surface area contributed by atoms with E-state index in [1.807, 2.05) is 41.3 Å². The van der Waals surface area contributed by atoms with Crippen LogP contribution in [0.4, 0.5) is 0 Å². The third kappa shape index (κ3) is 4.20. The van der Waals surface area contributed by atoms with Gasteiger partial charge in [0, 0.05) is 36.9 Å². The van der Waals surface area contributed by atoms with Crippen LogP contribution in [0.5, 0.6) is 0 Å². The molecule has 5 rings (SSSR count). The number of likely N-dealkylation sites (tertiary alicyclic amines) is 1. The molecular weight excluding hydrogens is 454 g/mol. The number of hydrogen-bond acceptors (Lipinski definition) is 5. The molecule has 1 aromatic carbocycles. The number of thiophene rings is 1. The van der Waals surface area contributed by atoms with E-state index in [-0.39, 0.29) is 11.9 Å². The maximum Gasteiger partial charge on any atom is 0.277 e. The van der Waals surface area contributed by atoms with Gasteiger partial charge in [0.25, 0.3) is 10.0 Å². The fourth-order valence-corrected chi connectivity index (χ4v) is 7.17. The lowest BCUT2D eigenvalue weighted by Crippen LogP contribution is -2.30. The van der Waals surface area contributed by atoms with Gasteiger partial charge in [0.2, 0.25) is 5.91 Å². The summed E-state index contributed by atoms with van der Waals surface area (Å²) in [5.74, 6) is 0.157. The Morgan fingerprint density at radius 2 is 1.91 bits per heavy atom. The molecule has 6 nitrogen and oxygen atoms in total. The SMILES string of the molecule is O=C(CCCc1cn(S(=O)(=O)c2cccs2)c2ccccc12)N1CCCC1c1ccncc1. The van der Waals surface area contributed by atoms with Crippen molar-refractivity contribution >= 4 is 38.2 Å². The van der Waals surface area contributed by atoms with Crippen LogP contribution in [-0.2, 0) is 21.2 Å². The van der Waals surface area contributed by atoms with Crippen LogP contribution in [-0.4, -0.2) is 34.7 Å². The zero-order chi connectivity index (χ0) is 22.8. The van der Waals surface area contributed by atoms with Gasteiger partial charge in [-0.3, -0.25) is 9.78 Å². The predicted octanol–water partition coefficient (Wildman–Crippen LogP) is 5.02. The highest BCUT2D eigenvalue weighted by molar-refractivity contribution is 7.92. The molecule has 1 aliphatic heterocycles. The Morgan fingerprint density at radius 3 is 2.70 bits per heavy atom. The van der Waals surface area contributed by atoms with Crippen LogP contribution in [0.25, 0.3) is 10.9 Å². The summed E-state index contributed by atoms with van der Waals surface area (Å²) in [5, 5.41) is 2.68. The van der Waals surface area contributed by atoms with Gasteiger partial charge < -0.3 is 4.90 Å². The van der Waals surface area contributed by atoms with E-state index in [1.165, 1.54) is 15.3 Å². The van der Waals surface area contributed by atoms with E-state index in [2.05, 4.69) is 4.98 Å². The Balaban J connectivity index is 1.32. The number of nitrogens with zero attached hydrogens (tertiary/aromatic N) is 3. The second-order valence-corrected chi connectivity index (χ2v) is 11.3. The number of pyridine rings is 1. The second-order valence-electron chi connectivity index (χ2n) is 8.28. The maximum atomic E-state index is 13.2. The first-order chi connectivity index (χ1) is 16.1. The zero-order valence-corrected chi connectivity index (χ0v) is 19.8. The van der Waals surface area contributed by atoms with Crippen LogP contribution in [0.3, 0.4) is 0 Å². The van der Waals surface area contributed by atoms with Crippen molar-refractivity contribution in [2.24, 2.45) is 0 Å². The Bertz CT molecular complexity index is 1360. The highest BCUT2D eigenvalue weighted by Crippen LogP contribution is 2.33. The van der Waals surface area contributed by atoms with Crippen LogP contribution in [0.2, 0.25) is 0 Å². The molecule has 1 aliphatic rings. The smallest absolute Gasteiger partial charge is 0.277 e. The first kappa shape index (κ1) is 21.9. The molecule has 0 saturated carbocycles. The number of aromatic nitrogens is 2. The third-order valence-corrected chi connectivity index (χ3v) is 9.32. The molecule has 0 N–H and O–H groups in total. The minimum Gasteiger partial charge on any atom is -0.336 e.